The molecule has 4 aromatic rings. The summed E-state index contributed by atoms with van der Waals surface area (Å²) in [6.07, 6.45) is 3.06. The summed E-state index contributed by atoms with van der Waals surface area (Å²) < 4.78 is 0. The smallest absolute Gasteiger partial charge is 0.334 e. The van der Waals surface area contributed by atoms with Crippen molar-refractivity contribution in [3.8, 4) is 11.5 Å². The minimum absolute atomic E-state index is 0.412. The fourth-order valence-corrected chi connectivity index (χ4v) is 2.16. The average Bonchev–Trinajstić information content (AvgIpc) is 2.90. The molecule has 1 aromatic carbocycles. The highest BCUT2D eigenvalue weighted by molar-refractivity contribution is 5.91. The summed E-state index contributed by atoms with van der Waals surface area (Å²) in [4.78, 5) is 33.8. The van der Waals surface area contributed by atoms with Gasteiger partial charge in [-0.05, 0) is 6.07 Å². The number of rotatable bonds is 1. The molecule has 0 unspecified atom stereocenters. The van der Waals surface area contributed by atoms with Crippen molar-refractivity contribution >= 4 is 22.1 Å². The Hall–Kier alpha value is -3.09. The van der Waals surface area contributed by atoms with Gasteiger partial charge in [0, 0.05) is 5.39 Å². The van der Waals surface area contributed by atoms with Crippen LogP contribution in [0.1, 0.15) is 0 Å². The Balaban J connectivity index is 2.08. The molecule has 0 radical (unpaired) electrons. The molecule has 0 saturated carbocycles. The fourth-order valence-electron chi connectivity index (χ4n) is 2.16. The van der Waals surface area contributed by atoms with Crippen molar-refractivity contribution in [2.24, 2.45) is 0 Å². The number of aromatic amines is 2. The van der Waals surface area contributed by atoms with Gasteiger partial charge in [-0.15, -0.1) is 0 Å². The largest absolute Gasteiger partial charge is 0.346 e. The van der Waals surface area contributed by atoms with E-state index in [1.54, 1.807) is 6.20 Å². The van der Waals surface area contributed by atoms with Gasteiger partial charge in [-0.25, -0.2) is 19.7 Å². The number of H-pyrrole nitrogens is 2. The number of nitrogens with one attached hydrogen (secondary N) is 2. The minimum atomic E-state index is -0.412. The monoisotopic (exact) mass is 264 g/mol. The van der Waals surface area contributed by atoms with Crippen LogP contribution in [0.5, 0.6) is 0 Å². The first-order valence-electron chi connectivity index (χ1n) is 5.96. The van der Waals surface area contributed by atoms with E-state index in [0.717, 1.165) is 5.39 Å². The predicted octanol–water partition coefficient (Wildman–Crippen LogP) is 1.26. The zero-order chi connectivity index (χ0) is 13.5. The summed E-state index contributed by atoms with van der Waals surface area (Å²) in [6, 6.07) is 7.44. The van der Waals surface area contributed by atoms with Crippen molar-refractivity contribution < 1.29 is 0 Å². The second-order valence-corrected chi connectivity index (χ2v) is 4.28. The maximum absolute atomic E-state index is 11.7. The molecule has 7 heteroatoms. The van der Waals surface area contributed by atoms with Crippen molar-refractivity contribution in [3.63, 3.8) is 0 Å². The summed E-state index contributed by atoms with van der Waals surface area (Å²) in [5, 5.41) is 0.819. The maximum Gasteiger partial charge on any atom is 0.346 e. The number of benzene rings is 1. The van der Waals surface area contributed by atoms with E-state index in [1.807, 2.05) is 24.3 Å². The third kappa shape index (κ3) is 1.57. The lowest BCUT2D eigenvalue weighted by molar-refractivity contribution is 1.11. The first-order chi connectivity index (χ1) is 9.81. The first-order valence-corrected chi connectivity index (χ1v) is 5.96. The van der Waals surface area contributed by atoms with E-state index >= 15 is 0 Å². The highest BCUT2D eigenvalue weighted by Crippen LogP contribution is 2.23. The number of imidazole rings is 1. The summed E-state index contributed by atoms with van der Waals surface area (Å²) >= 11 is 0. The van der Waals surface area contributed by atoms with Crippen molar-refractivity contribution in [3.05, 3.63) is 47.3 Å². The predicted molar refractivity (Wildman–Crippen MR) is 73.0 cm³/mol. The van der Waals surface area contributed by atoms with E-state index in [9.17, 15) is 4.79 Å². The van der Waals surface area contributed by atoms with Gasteiger partial charge in [0.1, 0.15) is 17.5 Å². The van der Waals surface area contributed by atoms with Gasteiger partial charge in [-0.2, -0.15) is 4.98 Å². The van der Waals surface area contributed by atoms with E-state index in [2.05, 4.69) is 29.9 Å². The number of hydrogen-bond donors (Lipinski definition) is 2. The number of hydrogen-bond acceptors (Lipinski definition) is 5. The second-order valence-electron chi connectivity index (χ2n) is 4.28. The minimum Gasteiger partial charge on any atom is -0.334 e. The summed E-state index contributed by atoms with van der Waals surface area (Å²) in [7, 11) is 0. The third-order valence-electron chi connectivity index (χ3n) is 3.02. The molecule has 0 aliphatic rings. The van der Waals surface area contributed by atoms with Gasteiger partial charge in [0.05, 0.1) is 11.7 Å². The van der Waals surface area contributed by atoms with E-state index in [-0.39, 0.29) is 0 Å². The van der Waals surface area contributed by atoms with Crippen LogP contribution in [0.3, 0.4) is 0 Å². The Labute approximate surface area is 111 Å². The topological polar surface area (TPSA) is 100 Å². The molecule has 0 atom stereocenters. The Kier molecular flexibility index (Phi) is 2.13. The molecular weight excluding hydrogens is 256 g/mol. The molecule has 0 fully saturated rings. The first kappa shape index (κ1) is 10.8. The van der Waals surface area contributed by atoms with Crippen molar-refractivity contribution in [2.75, 3.05) is 0 Å². The summed E-state index contributed by atoms with van der Waals surface area (Å²) in [5.41, 5.74) is 2.05. The number of nitrogens with zero attached hydrogens (tertiary/aromatic N) is 4. The molecule has 0 aliphatic heterocycles. The van der Waals surface area contributed by atoms with Crippen LogP contribution in [-0.2, 0) is 0 Å². The van der Waals surface area contributed by atoms with Crippen molar-refractivity contribution in [2.45, 2.75) is 0 Å². The lowest BCUT2D eigenvalue weighted by Crippen LogP contribution is -2.11. The third-order valence-corrected chi connectivity index (χ3v) is 3.02. The summed E-state index contributed by atoms with van der Waals surface area (Å²) in [6.45, 7) is 0. The summed E-state index contributed by atoms with van der Waals surface area (Å²) in [5.74, 6) is 0.503. The van der Waals surface area contributed by atoms with Gasteiger partial charge in [-0.1, -0.05) is 18.2 Å². The highest BCUT2D eigenvalue weighted by atomic mass is 16.1. The average molecular weight is 264 g/mol. The molecule has 3 heterocycles. The van der Waals surface area contributed by atoms with E-state index in [0.29, 0.717) is 28.2 Å². The molecule has 7 nitrogen and oxygen atoms in total. The van der Waals surface area contributed by atoms with Crippen LogP contribution in [0.25, 0.3) is 33.6 Å². The standard InChI is InChI=1S/C13H8N6O/c20-13-17-8-4-2-1-3-7(8)10(18-13)12-16-9-5-14-6-15-11(9)19-12/h1-6H,(H,17,18,20)(H,14,15,16,19). The van der Waals surface area contributed by atoms with E-state index in [4.69, 9.17) is 0 Å². The zero-order valence-electron chi connectivity index (χ0n) is 10.2. The highest BCUT2D eigenvalue weighted by Gasteiger charge is 2.12. The van der Waals surface area contributed by atoms with E-state index in [1.165, 1.54) is 6.33 Å². The maximum atomic E-state index is 11.7. The molecule has 3 aromatic heterocycles. The van der Waals surface area contributed by atoms with Gasteiger partial charge >= 0.3 is 5.69 Å². The van der Waals surface area contributed by atoms with Crippen LogP contribution >= 0.6 is 0 Å². The van der Waals surface area contributed by atoms with Crippen LogP contribution < -0.4 is 5.69 Å². The molecule has 0 spiro atoms. The molecule has 0 bridgehead atoms. The Morgan fingerprint density at radius 1 is 1.00 bits per heavy atom. The lowest BCUT2D eigenvalue weighted by atomic mass is 10.2. The van der Waals surface area contributed by atoms with Gasteiger partial charge in [0.2, 0.25) is 0 Å². The quantitative estimate of drug-likeness (QED) is 0.539. The normalized spacial score (nSPS) is 11.2. The number of para-hydroxylation sites is 1. The Morgan fingerprint density at radius 3 is 2.80 bits per heavy atom. The van der Waals surface area contributed by atoms with Crippen molar-refractivity contribution in [1.29, 1.82) is 0 Å². The van der Waals surface area contributed by atoms with Crippen molar-refractivity contribution in [1.82, 2.24) is 29.9 Å². The second kappa shape index (κ2) is 3.95. The van der Waals surface area contributed by atoms with Gasteiger partial charge in [0.25, 0.3) is 0 Å². The fraction of sp³-hybridized carbons (Fsp3) is 0. The van der Waals surface area contributed by atoms with Crippen LogP contribution in [-0.4, -0.2) is 29.9 Å². The molecule has 96 valence electrons. The molecule has 20 heavy (non-hydrogen) atoms. The van der Waals surface area contributed by atoms with Gasteiger partial charge in [-0.3, -0.25) is 0 Å². The lowest BCUT2D eigenvalue weighted by Gasteiger charge is -2.01. The van der Waals surface area contributed by atoms with Crippen LogP contribution in [0.15, 0.2) is 41.6 Å². The number of fused-ring (bicyclic) bond motifs is 2. The van der Waals surface area contributed by atoms with Crippen LogP contribution in [0.4, 0.5) is 0 Å². The SMILES string of the molecule is O=c1nc(-c2nc3ncncc3[nH]2)c2ccccc2[nH]1. The van der Waals surface area contributed by atoms with Gasteiger partial charge in [0.15, 0.2) is 11.5 Å². The Morgan fingerprint density at radius 2 is 1.90 bits per heavy atom. The van der Waals surface area contributed by atoms with Gasteiger partial charge < -0.3 is 9.97 Å². The van der Waals surface area contributed by atoms with Crippen LogP contribution in [0.2, 0.25) is 0 Å². The molecular formula is C13H8N6O. The van der Waals surface area contributed by atoms with E-state index < -0.39 is 5.69 Å². The zero-order valence-corrected chi connectivity index (χ0v) is 10.2. The molecule has 0 amide bonds. The Bertz CT molecular complexity index is 954. The van der Waals surface area contributed by atoms with Crippen LogP contribution in [0, 0.1) is 0 Å². The molecule has 2 N–H and O–H groups in total. The molecule has 0 saturated heterocycles. The molecule has 0 aliphatic carbocycles. The number of aromatic nitrogens is 6. The molecule has 4 rings (SSSR count).